The summed E-state index contributed by atoms with van der Waals surface area (Å²) in [6, 6.07) is 3.05. The Balaban J connectivity index is 2.43. The molecule has 0 aliphatic carbocycles. The fourth-order valence-electron chi connectivity index (χ4n) is 1.69. The van der Waals surface area contributed by atoms with E-state index in [1.807, 2.05) is 0 Å². The lowest BCUT2D eigenvalue weighted by atomic mass is 10.1. The SMILES string of the molecule is NCCc1cc(F)cc2c1OCC2. The van der Waals surface area contributed by atoms with Gasteiger partial charge in [-0.25, -0.2) is 4.39 Å². The van der Waals surface area contributed by atoms with E-state index in [4.69, 9.17) is 10.5 Å². The molecule has 1 aromatic rings. The second-order valence-electron chi connectivity index (χ2n) is 3.19. The van der Waals surface area contributed by atoms with Crippen LogP contribution < -0.4 is 10.5 Å². The Morgan fingerprint density at radius 1 is 1.46 bits per heavy atom. The maximum Gasteiger partial charge on any atom is 0.126 e. The van der Waals surface area contributed by atoms with Crippen molar-refractivity contribution in [2.45, 2.75) is 12.8 Å². The van der Waals surface area contributed by atoms with Crippen molar-refractivity contribution in [2.75, 3.05) is 13.2 Å². The van der Waals surface area contributed by atoms with Crippen molar-refractivity contribution in [1.29, 1.82) is 0 Å². The van der Waals surface area contributed by atoms with Gasteiger partial charge in [-0.05, 0) is 30.7 Å². The molecule has 0 aromatic heterocycles. The van der Waals surface area contributed by atoms with Gasteiger partial charge in [0.1, 0.15) is 11.6 Å². The molecular weight excluding hydrogens is 169 g/mol. The highest BCUT2D eigenvalue weighted by Gasteiger charge is 2.17. The molecule has 2 N–H and O–H groups in total. The van der Waals surface area contributed by atoms with Crippen LogP contribution in [-0.2, 0) is 12.8 Å². The molecule has 0 radical (unpaired) electrons. The topological polar surface area (TPSA) is 35.2 Å². The van der Waals surface area contributed by atoms with Crippen LogP contribution >= 0.6 is 0 Å². The Morgan fingerprint density at radius 2 is 2.31 bits per heavy atom. The molecule has 0 spiro atoms. The third kappa shape index (κ3) is 1.52. The van der Waals surface area contributed by atoms with Gasteiger partial charge in [0.25, 0.3) is 0 Å². The van der Waals surface area contributed by atoms with Crippen molar-refractivity contribution in [1.82, 2.24) is 0 Å². The smallest absolute Gasteiger partial charge is 0.126 e. The summed E-state index contributed by atoms with van der Waals surface area (Å²) < 4.78 is 18.5. The van der Waals surface area contributed by atoms with Crippen LogP contribution in [0.15, 0.2) is 12.1 Å². The fraction of sp³-hybridized carbons (Fsp3) is 0.400. The van der Waals surface area contributed by atoms with E-state index in [2.05, 4.69) is 0 Å². The summed E-state index contributed by atoms with van der Waals surface area (Å²) in [6.45, 7) is 1.19. The molecule has 13 heavy (non-hydrogen) atoms. The van der Waals surface area contributed by atoms with Crippen molar-refractivity contribution >= 4 is 0 Å². The van der Waals surface area contributed by atoms with Gasteiger partial charge in [0, 0.05) is 12.0 Å². The van der Waals surface area contributed by atoms with Crippen molar-refractivity contribution in [3.8, 4) is 5.75 Å². The highest BCUT2D eigenvalue weighted by molar-refractivity contribution is 5.44. The van der Waals surface area contributed by atoms with Gasteiger partial charge in [-0.1, -0.05) is 0 Å². The largest absolute Gasteiger partial charge is 0.493 e. The van der Waals surface area contributed by atoms with Crippen LogP contribution in [-0.4, -0.2) is 13.2 Å². The summed E-state index contributed by atoms with van der Waals surface area (Å²) in [5.74, 6) is 0.666. The highest BCUT2D eigenvalue weighted by atomic mass is 19.1. The Bertz CT molecular complexity index is 325. The van der Waals surface area contributed by atoms with Gasteiger partial charge in [0.15, 0.2) is 0 Å². The predicted octanol–water partition coefficient (Wildman–Crippen LogP) is 1.26. The predicted molar refractivity (Wildman–Crippen MR) is 48.4 cm³/mol. The number of rotatable bonds is 2. The third-order valence-electron chi connectivity index (χ3n) is 2.24. The van der Waals surface area contributed by atoms with Crippen LogP contribution in [0.5, 0.6) is 5.75 Å². The number of benzene rings is 1. The molecule has 0 unspecified atom stereocenters. The van der Waals surface area contributed by atoms with Gasteiger partial charge < -0.3 is 10.5 Å². The first-order valence-electron chi connectivity index (χ1n) is 4.45. The zero-order valence-electron chi connectivity index (χ0n) is 7.35. The summed E-state index contributed by atoms with van der Waals surface area (Å²) in [4.78, 5) is 0. The lowest BCUT2D eigenvalue weighted by molar-refractivity contribution is 0.353. The molecule has 1 heterocycles. The normalized spacial score (nSPS) is 14.0. The quantitative estimate of drug-likeness (QED) is 0.745. The van der Waals surface area contributed by atoms with Crippen molar-refractivity contribution < 1.29 is 9.13 Å². The number of hydrogen-bond donors (Lipinski definition) is 1. The first-order valence-corrected chi connectivity index (χ1v) is 4.45. The van der Waals surface area contributed by atoms with Crippen molar-refractivity contribution in [3.05, 3.63) is 29.1 Å². The van der Waals surface area contributed by atoms with Crippen LogP contribution in [0.2, 0.25) is 0 Å². The van der Waals surface area contributed by atoms with Gasteiger partial charge in [-0.3, -0.25) is 0 Å². The molecule has 0 amide bonds. The first-order chi connectivity index (χ1) is 6.31. The summed E-state index contributed by atoms with van der Waals surface area (Å²) >= 11 is 0. The zero-order chi connectivity index (χ0) is 9.26. The van der Waals surface area contributed by atoms with Crippen LogP contribution in [0.25, 0.3) is 0 Å². The van der Waals surface area contributed by atoms with E-state index in [-0.39, 0.29) is 5.82 Å². The number of halogens is 1. The van der Waals surface area contributed by atoms with E-state index in [0.29, 0.717) is 19.6 Å². The number of fused-ring (bicyclic) bond motifs is 1. The molecule has 0 bridgehead atoms. The second-order valence-corrected chi connectivity index (χ2v) is 3.19. The molecule has 0 saturated heterocycles. The lowest BCUT2D eigenvalue weighted by Crippen LogP contribution is -2.04. The lowest BCUT2D eigenvalue weighted by Gasteiger charge is -2.06. The van der Waals surface area contributed by atoms with Gasteiger partial charge in [-0.15, -0.1) is 0 Å². The minimum Gasteiger partial charge on any atom is -0.493 e. The van der Waals surface area contributed by atoms with Crippen LogP contribution in [0, 0.1) is 5.82 Å². The molecule has 2 nitrogen and oxygen atoms in total. The minimum atomic E-state index is -0.187. The number of nitrogens with two attached hydrogens (primary N) is 1. The Morgan fingerprint density at radius 3 is 3.08 bits per heavy atom. The standard InChI is InChI=1S/C10H12FNO/c11-9-5-7(1-3-12)10-8(6-9)2-4-13-10/h5-6H,1-4,12H2. The second kappa shape index (κ2) is 3.34. The van der Waals surface area contributed by atoms with Crippen LogP contribution in [0.1, 0.15) is 11.1 Å². The van der Waals surface area contributed by atoms with E-state index >= 15 is 0 Å². The molecule has 1 aromatic carbocycles. The van der Waals surface area contributed by atoms with Gasteiger partial charge in [0.2, 0.25) is 0 Å². The van der Waals surface area contributed by atoms with E-state index in [9.17, 15) is 4.39 Å². The summed E-state index contributed by atoms with van der Waals surface area (Å²) in [5, 5.41) is 0. The zero-order valence-corrected chi connectivity index (χ0v) is 7.35. The fourth-order valence-corrected chi connectivity index (χ4v) is 1.69. The highest BCUT2D eigenvalue weighted by Crippen LogP contribution is 2.30. The maximum atomic E-state index is 13.0. The molecule has 3 heteroatoms. The molecule has 1 aliphatic heterocycles. The van der Waals surface area contributed by atoms with Gasteiger partial charge in [0.05, 0.1) is 6.61 Å². The van der Waals surface area contributed by atoms with Crippen molar-refractivity contribution in [3.63, 3.8) is 0 Å². The molecule has 2 rings (SSSR count). The van der Waals surface area contributed by atoms with Crippen LogP contribution in [0.4, 0.5) is 4.39 Å². The van der Waals surface area contributed by atoms with E-state index in [1.54, 1.807) is 6.07 Å². The average molecular weight is 181 g/mol. The maximum absolute atomic E-state index is 13.0. The Labute approximate surface area is 76.5 Å². The van der Waals surface area contributed by atoms with Gasteiger partial charge >= 0.3 is 0 Å². The summed E-state index contributed by atoms with van der Waals surface area (Å²) in [6.07, 6.45) is 1.49. The Hall–Kier alpha value is -1.09. The summed E-state index contributed by atoms with van der Waals surface area (Å²) in [5.41, 5.74) is 7.30. The van der Waals surface area contributed by atoms with Crippen LogP contribution in [0.3, 0.4) is 0 Å². The Kier molecular flexibility index (Phi) is 2.19. The molecule has 0 saturated carbocycles. The van der Waals surface area contributed by atoms with Gasteiger partial charge in [-0.2, -0.15) is 0 Å². The summed E-state index contributed by atoms with van der Waals surface area (Å²) in [7, 11) is 0. The van der Waals surface area contributed by atoms with E-state index in [1.165, 1.54) is 6.07 Å². The number of ether oxygens (including phenoxy) is 1. The van der Waals surface area contributed by atoms with E-state index in [0.717, 1.165) is 23.3 Å². The minimum absolute atomic E-state index is 0.187. The van der Waals surface area contributed by atoms with Crippen molar-refractivity contribution in [2.24, 2.45) is 5.73 Å². The van der Waals surface area contributed by atoms with E-state index < -0.39 is 0 Å². The molecular formula is C10H12FNO. The third-order valence-corrected chi connectivity index (χ3v) is 2.24. The molecule has 0 atom stereocenters. The number of hydrogen-bond acceptors (Lipinski definition) is 2. The monoisotopic (exact) mass is 181 g/mol. The molecule has 1 aliphatic rings. The molecule has 0 fully saturated rings. The molecule has 70 valence electrons. The first kappa shape index (κ1) is 8.51. The average Bonchev–Trinajstić information content (AvgIpc) is 2.52.